The highest BCUT2D eigenvalue weighted by molar-refractivity contribution is 7.89. The monoisotopic (exact) mass is 261 g/mol. The highest BCUT2D eigenvalue weighted by atomic mass is 32.2. The van der Waals surface area contributed by atoms with Crippen LogP contribution >= 0.6 is 0 Å². The van der Waals surface area contributed by atoms with Gasteiger partial charge >= 0.3 is 0 Å². The maximum atomic E-state index is 12.5. The van der Waals surface area contributed by atoms with Crippen LogP contribution in [-0.4, -0.2) is 18.8 Å². The second-order valence-corrected chi connectivity index (χ2v) is 6.68. The van der Waals surface area contributed by atoms with Crippen molar-refractivity contribution in [3.8, 4) is 0 Å². The first-order valence-corrected chi connectivity index (χ1v) is 7.48. The molecule has 4 heteroatoms. The Hall–Kier alpha value is -1.55. The summed E-state index contributed by atoms with van der Waals surface area (Å²) < 4.78 is 26.5. The van der Waals surface area contributed by atoms with E-state index in [4.69, 9.17) is 0 Å². The van der Waals surface area contributed by atoms with E-state index in [-0.39, 0.29) is 6.04 Å². The number of nitrogens with zero attached hydrogens (tertiary/aromatic N) is 1. The fourth-order valence-electron chi connectivity index (χ4n) is 2.43. The van der Waals surface area contributed by atoms with Crippen molar-refractivity contribution in [3.63, 3.8) is 0 Å². The molecule has 18 heavy (non-hydrogen) atoms. The Bertz CT molecular complexity index is 614. The SMILES string of the molecule is Cc1ccc(S(=O)(=O)N2C=C[C@H]3C=C[C@@H]2C3)cc1. The van der Waals surface area contributed by atoms with Gasteiger partial charge in [-0.15, -0.1) is 0 Å². The smallest absolute Gasteiger partial charge is 0.264 e. The van der Waals surface area contributed by atoms with Crippen molar-refractivity contribution < 1.29 is 8.42 Å². The Morgan fingerprint density at radius 3 is 2.56 bits per heavy atom. The molecule has 0 radical (unpaired) electrons. The third-order valence-corrected chi connectivity index (χ3v) is 5.31. The van der Waals surface area contributed by atoms with Crippen LogP contribution in [-0.2, 0) is 10.0 Å². The first-order chi connectivity index (χ1) is 8.57. The molecule has 2 aliphatic rings. The molecule has 1 aliphatic carbocycles. The van der Waals surface area contributed by atoms with Gasteiger partial charge < -0.3 is 0 Å². The molecule has 0 fully saturated rings. The van der Waals surface area contributed by atoms with Crippen LogP contribution in [0.5, 0.6) is 0 Å². The van der Waals surface area contributed by atoms with E-state index in [1.807, 2.05) is 31.2 Å². The van der Waals surface area contributed by atoms with Crippen molar-refractivity contribution in [2.45, 2.75) is 24.3 Å². The summed E-state index contributed by atoms with van der Waals surface area (Å²) in [7, 11) is -3.42. The van der Waals surface area contributed by atoms with Gasteiger partial charge in [-0.25, -0.2) is 8.42 Å². The van der Waals surface area contributed by atoms with Gasteiger partial charge in [-0.3, -0.25) is 4.31 Å². The van der Waals surface area contributed by atoms with Gasteiger partial charge in [0, 0.05) is 6.20 Å². The van der Waals surface area contributed by atoms with Crippen LogP contribution in [0.25, 0.3) is 0 Å². The Labute approximate surface area is 107 Å². The topological polar surface area (TPSA) is 37.4 Å². The third-order valence-electron chi connectivity index (χ3n) is 3.50. The number of fused-ring (bicyclic) bond motifs is 2. The van der Waals surface area contributed by atoms with Crippen molar-refractivity contribution in [2.75, 3.05) is 0 Å². The second-order valence-electron chi connectivity index (χ2n) is 4.84. The zero-order chi connectivity index (χ0) is 12.8. The van der Waals surface area contributed by atoms with Gasteiger partial charge in [0.05, 0.1) is 10.9 Å². The molecule has 1 aromatic carbocycles. The first-order valence-electron chi connectivity index (χ1n) is 6.04. The molecule has 1 aliphatic heterocycles. The van der Waals surface area contributed by atoms with Gasteiger partial charge in [0.15, 0.2) is 0 Å². The average Bonchev–Trinajstić information content (AvgIpc) is 2.71. The van der Waals surface area contributed by atoms with Gasteiger partial charge in [-0.2, -0.15) is 0 Å². The minimum Gasteiger partial charge on any atom is -0.267 e. The lowest BCUT2D eigenvalue weighted by atomic mass is 10.1. The first kappa shape index (κ1) is 11.5. The number of benzene rings is 1. The number of hydrogen-bond acceptors (Lipinski definition) is 2. The predicted molar refractivity (Wildman–Crippen MR) is 70.4 cm³/mol. The summed E-state index contributed by atoms with van der Waals surface area (Å²) in [6, 6.07) is 6.97. The fraction of sp³-hybridized carbons (Fsp3) is 0.286. The van der Waals surface area contributed by atoms with Crippen LogP contribution in [0.4, 0.5) is 0 Å². The number of allylic oxidation sites excluding steroid dienone is 2. The Balaban J connectivity index is 2.00. The molecular weight excluding hydrogens is 246 g/mol. The van der Waals surface area contributed by atoms with E-state index in [1.165, 1.54) is 4.31 Å². The van der Waals surface area contributed by atoms with Crippen molar-refractivity contribution in [2.24, 2.45) is 5.92 Å². The molecule has 0 aromatic heterocycles. The summed E-state index contributed by atoms with van der Waals surface area (Å²) in [6.07, 6.45) is 8.57. The van der Waals surface area contributed by atoms with Crippen LogP contribution in [0.1, 0.15) is 12.0 Å². The van der Waals surface area contributed by atoms with E-state index in [0.29, 0.717) is 10.8 Å². The molecule has 0 saturated heterocycles. The van der Waals surface area contributed by atoms with E-state index in [1.54, 1.807) is 18.3 Å². The summed E-state index contributed by atoms with van der Waals surface area (Å²) >= 11 is 0. The molecule has 0 N–H and O–H groups in total. The molecule has 0 amide bonds. The largest absolute Gasteiger partial charge is 0.267 e. The number of hydrogen-bond donors (Lipinski definition) is 0. The van der Waals surface area contributed by atoms with Crippen LogP contribution in [0.3, 0.4) is 0 Å². The van der Waals surface area contributed by atoms with Gasteiger partial charge in [0.25, 0.3) is 10.0 Å². The minimum atomic E-state index is -3.42. The summed E-state index contributed by atoms with van der Waals surface area (Å²) in [5.41, 5.74) is 1.06. The molecule has 0 spiro atoms. The molecule has 0 saturated carbocycles. The number of rotatable bonds is 2. The highest BCUT2D eigenvalue weighted by Crippen LogP contribution is 2.32. The van der Waals surface area contributed by atoms with Gasteiger partial charge in [0.1, 0.15) is 0 Å². The third kappa shape index (κ3) is 1.77. The summed E-state index contributed by atoms with van der Waals surface area (Å²) in [6.45, 7) is 1.95. The van der Waals surface area contributed by atoms with E-state index in [0.717, 1.165) is 12.0 Å². The standard InChI is InChI=1S/C14H15NO2S/c1-11-2-6-14(7-3-11)18(16,17)15-9-8-12-4-5-13(15)10-12/h2-9,12-13H,10H2,1H3/t12-,13-/m1/s1. The molecule has 1 aromatic rings. The van der Waals surface area contributed by atoms with E-state index in [9.17, 15) is 8.42 Å². The quantitative estimate of drug-likeness (QED) is 0.767. The van der Waals surface area contributed by atoms with Crippen LogP contribution in [0, 0.1) is 12.8 Å². The maximum Gasteiger partial charge on any atom is 0.264 e. The Kier molecular flexibility index (Phi) is 2.55. The Morgan fingerprint density at radius 2 is 1.83 bits per heavy atom. The lowest BCUT2D eigenvalue weighted by Gasteiger charge is -2.29. The maximum absolute atomic E-state index is 12.5. The molecule has 94 valence electrons. The van der Waals surface area contributed by atoms with Crippen LogP contribution < -0.4 is 0 Å². The van der Waals surface area contributed by atoms with E-state index >= 15 is 0 Å². The molecule has 2 bridgehead atoms. The Morgan fingerprint density at radius 1 is 1.11 bits per heavy atom. The van der Waals surface area contributed by atoms with Crippen LogP contribution in [0.2, 0.25) is 0 Å². The molecular formula is C14H15NO2S. The zero-order valence-electron chi connectivity index (χ0n) is 10.2. The molecule has 3 rings (SSSR count). The predicted octanol–water partition coefficient (Wildman–Crippen LogP) is 2.46. The molecule has 2 atom stereocenters. The van der Waals surface area contributed by atoms with Crippen molar-refractivity contribution in [1.29, 1.82) is 0 Å². The fourth-order valence-corrected chi connectivity index (χ4v) is 3.90. The van der Waals surface area contributed by atoms with E-state index < -0.39 is 10.0 Å². The number of sulfonamides is 1. The summed E-state index contributed by atoms with van der Waals surface area (Å²) in [5, 5.41) is 0. The van der Waals surface area contributed by atoms with Crippen molar-refractivity contribution in [3.05, 3.63) is 54.3 Å². The molecule has 0 unspecified atom stereocenters. The summed E-state index contributed by atoms with van der Waals surface area (Å²) in [4.78, 5) is 0.358. The second kappa shape index (κ2) is 3.99. The lowest BCUT2D eigenvalue weighted by molar-refractivity contribution is 0.410. The van der Waals surface area contributed by atoms with Gasteiger partial charge in [0.2, 0.25) is 0 Å². The summed E-state index contributed by atoms with van der Waals surface area (Å²) in [5.74, 6) is 0.402. The normalized spacial score (nSPS) is 25.7. The van der Waals surface area contributed by atoms with Crippen molar-refractivity contribution in [1.82, 2.24) is 4.31 Å². The lowest BCUT2D eigenvalue weighted by Crippen LogP contribution is -2.36. The van der Waals surface area contributed by atoms with Crippen molar-refractivity contribution >= 4 is 10.0 Å². The average molecular weight is 261 g/mol. The minimum absolute atomic E-state index is 0.0219. The molecule has 1 heterocycles. The zero-order valence-corrected chi connectivity index (χ0v) is 11.0. The van der Waals surface area contributed by atoms with Gasteiger partial charge in [-0.1, -0.05) is 35.9 Å². The van der Waals surface area contributed by atoms with E-state index in [2.05, 4.69) is 6.08 Å². The van der Waals surface area contributed by atoms with Crippen LogP contribution in [0.15, 0.2) is 53.6 Å². The highest BCUT2D eigenvalue weighted by Gasteiger charge is 2.33. The van der Waals surface area contributed by atoms with Gasteiger partial charge in [-0.05, 0) is 31.4 Å². The number of aryl methyl sites for hydroxylation is 1. The molecule has 3 nitrogen and oxygen atoms in total.